The van der Waals surface area contributed by atoms with Crippen molar-refractivity contribution in [3.8, 4) is 11.5 Å². The number of phenolic OH excluding ortho intramolecular Hbond substituents is 1. The Hall–Kier alpha value is -1.57. The molecule has 0 radical (unpaired) electrons. The first kappa shape index (κ1) is 19.2. The third kappa shape index (κ3) is 4.22. The van der Waals surface area contributed by atoms with Gasteiger partial charge in [-0.25, -0.2) is 0 Å². The van der Waals surface area contributed by atoms with Crippen molar-refractivity contribution in [1.29, 1.82) is 0 Å². The fourth-order valence-electron chi connectivity index (χ4n) is 2.77. The molecular formula is C19H20Br2N2O3. The van der Waals surface area contributed by atoms with E-state index in [1.807, 2.05) is 25.1 Å². The minimum atomic E-state index is 0.0644. The van der Waals surface area contributed by atoms with Crippen LogP contribution in [-0.2, 0) is 4.74 Å². The topological polar surface area (TPSA) is 54.3 Å². The Balaban J connectivity index is 1.96. The lowest BCUT2D eigenvalue weighted by Gasteiger charge is -2.29. The van der Waals surface area contributed by atoms with Crippen LogP contribution in [0.5, 0.6) is 11.5 Å². The van der Waals surface area contributed by atoms with Crippen molar-refractivity contribution in [2.75, 3.05) is 37.8 Å². The maximum atomic E-state index is 10.5. The van der Waals surface area contributed by atoms with Crippen LogP contribution in [0.2, 0.25) is 0 Å². The van der Waals surface area contributed by atoms with Crippen LogP contribution in [0.3, 0.4) is 0 Å². The second-order valence-corrected chi connectivity index (χ2v) is 7.36. The Morgan fingerprint density at radius 1 is 1.27 bits per heavy atom. The molecular weight excluding hydrogens is 464 g/mol. The van der Waals surface area contributed by atoms with E-state index in [1.54, 1.807) is 12.3 Å². The summed E-state index contributed by atoms with van der Waals surface area (Å²) in [4.78, 5) is 6.90. The number of benzene rings is 2. The summed E-state index contributed by atoms with van der Waals surface area (Å²) in [6.07, 6.45) is 1.66. The summed E-state index contributed by atoms with van der Waals surface area (Å²) in [6, 6.07) is 9.72. The molecule has 1 aliphatic rings. The zero-order valence-electron chi connectivity index (χ0n) is 14.4. The van der Waals surface area contributed by atoms with Gasteiger partial charge in [-0.1, -0.05) is 12.1 Å². The number of rotatable bonds is 5. The lowest BCUT2D eigenvalue weighted by atomic mass is 10.2. The fourth-order valence-corrected chi connectivity index (χ4v) is 3.60. The number of morpholine rings is 1. The molecule has 0 atom stereocenters. The molecule has 2 aromatic rings. The van der Waals surface area contributed by atoms with E-state index in [4.69, 9.17) is 9.47 Å². The van der Waals surface area contributed by atoms with Gasteiger partial charge in [0.1, 0.15) is 0 Å². The number of ether oxygens (including phenoxy) is 2. The van der Waals surface area contributed by atoms with Crippen LogP contribution < -0.4 is 9.64 Å². The molecule has 1 aliphatic heterocycles. The Bertz CT molecular complexity index is 806. The summed E-state index contributed by atoms with van der Waals surface area (Å²) in [6.45, 7) is 5.46. The number of nitrogens with zero attached hydrogens (tertiary/aromatic N) is 2. The van der Waals surface area contributed by atoms with Crippen LogP contribution in [-0.4, -0.2) is 44.2 Å². The highest BCUT2D eigenvalue weighted by molar-refractivity contribution is 9.13. The normalized spacial score (nSPS) is 14.8. The predicted molar refractivity (Wildman–Crippen MR) is 111 cm³/mol. The van der Waals surface area contributed by atoms with Crippen LogP contribution in [0.4, 0.5) is 11.4 Å². The Morgan fingerprint density at radius 3 is 2.73 bits per heavy atom. The van der Waals surface area contributed by atoms with Crippen LogP contribution in [0.1, 0.15) is 12.5 Å². The number of para-hydroxylation sites is 2. The van der Waals surface area contributed by atoms with Gasteiger partial charge in [0, 0.05) is 28.2 Å². The van der Waals surface area contributed by atoms with Crippen molar-refractivity contribution in [2.24, 2.45) is 4.99 Å². The Kier molecular flexibility index (Phi) is 6.56. The SMILES string of the molecule is CCOc1cc(Br)c(Br)c(C=Nc2ccccc2N2CCOCC2)c1O. The standard InChI is InChI=1S/C19H20Br2N2O3/c1-2-26-17-11-14(20)18(21)13(19(17)24)12-22-15-5-3-4-6-16(15)23-7-9-25-10-8-23/h3-6,11-12,24H,2,7-10H2,1H3. The summed E-state index contributed by atoms with van der Waals surface area (Å²) >= 11 is 6.99. The molecule has 1 heterocycles. The highest BCUT2D eigenvalue weighted by Gasteiger charge is 2.16. The lowest BCUT2D eigenvalue weighted by Crippen LogP contribution is -2.36. The lowest BCUT2D eigenvalue weighted by molar-refractivity contribution is 0.123. The average molecular weight is 484 g/mol. The van der Waals surface area contributed by atoms with Crippen molar-refractivity contribution < 1.29 is 14.6 Å². The zero-order valence-corrected chi connectivity index (χ0v) is 17.6. The van der Waals surface area contributed by atoms with Crippen molar-refractivity contribution in [3.63, 3.8) is 0 Å². The molecule has 0 unspecified atom stereocenters. The molecule has 1 N–H and O–H groups in total. The molecule has 0 aliphatic carbocycles. The number of phenols is 1. The first-order chi connectivity index (χ1) is 12.6. The predicted octanol–water partition coefficient (Wildman–Crippen LogP) is 4.90. The number of aliphatic imine (C=N–C) groups is 1. The molecule has 26 heavy (non-hydrogen) atoms. The van der Waals surface area contributed by atoms with Gasteiger partial charge in [-0.15, -0.1) is 0 Å². The van der Waals surface area contributed by atoms with Crippen LogP contribution in [0.15, 0.2) is 44.3 Å². The molecule has 1 saturated heterocycles. The van der Waals surface area contributed by atoms with Gasteiger partial charge < -0.3 is 19.5 Å². The number of aromatic hydroxyl groups is 1. The maximum absolute atomic E-state index is 10.5. The molecule has 0 saturated carbocycles. The average Bonchev–Trinajstić information content (AvgIpc) is 2.67. The molecule has 138 valence electrons. The summed E-state index contributed by atoms with van der Waals surface area (Å²) in [5.41, 5.74) is 2.47. The summed E-state index contributed by atoms with van der Waals surface area (Å²) in [5, 5.41) is 10.5. The molecule has 2 aromatic carbocycles. The highest BCUT2D eigenvalue weighted by atomic mass is 79.9. The van der Waals surface area contributed by atoms with Crippen molar-refractivity contribution in [3.05, 3.63) is 44.8 Å². The molecule has 7 heteroatoms. The maximum Gasteiger partial charge on any atom is 0.167 e. The Morgan fingerprint density at radius 2 is 2.00 bits per heavy atom. The van der Waals surface area contributed by atoms with Gasteiger partial charge in [-0.2, -0.15) is 0 Å². The summed E-state index contributed by atoms with van der Waals surface area (Å²) in [7, 11) is 0. The summed E-state index contributed by atoms with van der Waals surface area (Å²) in [5.74, 6) is 0.486. The molecule has 0 spiro atoms. The van der Waals surface area contributed by atoms with Crippen molar-refractivity contribution in [1.82, 2.24) is 0 Å². The van der Waals surface area contributed by atoms with E-state index < -0.39 is 0 Å². The molecule has 0 amide bonds. The Labute approximate surface area is 169 Å². The van der Waals surface area contributed by atoms with Crippen LogP contribution in [0.25, 0.3) is 0 Å². The highest BCUT2D eigenvalue weighted by Crippen LogP contribution is 2.40. The number of hydrogen-bond acceptors (Lipinski definition) is 5. The number of anilines is 1. The quantitative estimate of drug-likeness (QED) is 0.614. The molecule has 1 fully saturated rings. The first-order valence-electron chi connectivity index (χ1n) is 8.41. The van der Waals surface area contributed by atoms with E-state index >= 15 is 0 Å². The monoisotopic (exact) mass is 482 g/mol. The zero-order chi connectivity index (χ0) is 18.5. The van der Waals surface area contributed by atoms with E-state index in [1.165, 1.54) is 0 Å². The number of halogens is 2. The third-order valence-electron chi connectivity index (χ3n) is 4.06. The van der Waals surface area contributed by atoms with E-state index in [2.05, 4.69) is 47.8 Å². The van der Waals surface area contributed by atoms with Gasteiger partial charge in [0.25, 0.3) is 0 Å². The largest absolute Gasteiger partial charge is 0.504 e. The van der Waals surface area contributed by atoms with Gasteiger partial charge in [-0.05, 0) is 57.0 Å². The second kappa shape index (κ2) is 8.88. The summed E-state index contributed by atoms with van der Waals surface area (Å²) < 4.78 is 12.5. The van der Waals surface area contributed by atoms with Crippen molar-refractivity contribution in [2.45, 2.75) is 6.92 Å². The van der Waals surface area contributed by atoms with E-state index in [9.17, 15) is 5.11 Å². The van der Waals surface area contributed by atoms with E-state index in [0.717, 1.165) is 33.4 Å². The van der Waals surface area contributed by atoms with Gasteiger partial charge in [0.05, 0.1) is 36.8 Å². The smallest absolute Gasteiger partial charge is 0.167 e. The molecule has 0 bridgehead atoms. The molecule has 3 rings (SSSR count). The van der Waals surface area contributed by atoms with Gasteiger partial charge >= 0.3 is 0 Å². The first-order valence-corrected chi connectivity index (χ1v) is 10.00. The molecule has 5 nitrogen and oxygen atoms in total. The van der Waals surface area contributed by atoms with Gasteiger partial charge in [-0.3, -0.25) is 4.99 Å². The minimum Gasteiger partial charge on any atom is -0.504 e. The fraction of sp³-hybridized carbons (Fsp3) is 0.316. The van der Waals surface area contributed by atoms with Gasteiger partial charge in [0.2, 0.25) is 0 Å². The van der Waals surface area contributed by atoms with Gasteiger partial charge in [0.15, 0.2) is 11.5 Å². The van der Waals surface area contributed by atoms with E-state index in [0.29, 0.717) is 31.1 Å². The second-order valence-electron chi connectivity index (χ2n) is 5.71. The third-order valence-corrected chi connectivity index (χ3v) is 6.07. The van der Waals surface area contributed by atoms with E-state index in [-0.39, 0.29) is 5.75 Å². The van der Waals surface area contributed by atoms with Crippen LogP contribution >= 0.6 is 31.9 Å². The van der Waals surface area contributed by atoms with Crippen LogP contribution in [0, 0.1) is 0 Å². The molecule has 0 aromatic heterocycles. The number of hydrogen-bond donors (Lipinski definition) is 1. The van der Waals surface area contributed by atoms with Crippen molar-refractivity contribution >= 4 is 49.4 Å². The minimum absolute atomic E-state index is 0.0644.